The van der Waals surface area contributed by atoms with Crippen LogP contribution in [0.25, 0.3) is 10.4 Å². The number of hydrogen-bond acceptors (Lipinski definition) is 4. The van der Waals surface area contributed by atoms with Crippen molar-refractivity contribution < 1.29 is 4.39 Å². The second kappa shape index (κ2) is 4.71. The van der Waals surface area contributed by atoms with Crippen molar-refractivity contribution in [2.24, 2.45) is 15.8 Å². The molecule has 6 nitrogen and oxygen atoms in total. The van der Waals surface area contributed by atoms with Crippen LogP contribution >= 0.6 is 0 Å². The first kappa shape index (κ1) is 11.2. The van der Waals surface area contributed by atoms with Crippen LogP contribution in [0.2, 0.25) is 0 Å². The third-order valence-electron chi connectivity index (χ3n) is 2.54. The minimum atomic E-state index is -0.376. The monoisotopic (exact) mass is 234 g/mol. The second-order valence-electron chi connectivity index (χ2n) is 3.59. The molecule has 0 radical (unpaired) electrons. The number of aliphatic imine (C=N–C) groups is 1. The number of para-hydroxylation sites is 1. The summed E-state index contributed by atoms with van der Waals surface area (Å²) in [5.41, 5.74) is 14.4. The zero-order valence-electron chi connectivity index (χ0n) is 8.99. The molecule has 1 aromatic rings. The lowest BCUT2D eigenvalue weighted by molar-refractivity contribution is 0.616. The Morgan fingerprint density at radius 3 is 3.06 bits per heavy atom. The van der Waals surface area contributed by atoms with Gasteiger partial charge in [-0.1, -0.05) is 17.2 Å². The van der Waals surface area contributed by atoms with Crippen LogP contribution in [0.4, 0.5) is 10.1 Å². The number of rotatable bonds is 3. The molecular weight excluding hydrogens is 223 g/mol. The van der Waals surface area contributed by atoms with E-state index in [9.17, 15) is 4.39 Å². The number of anilines is 1. The van der Waals surface area contributed by atoms with Gasteiger partial charge in [-0.15, -0.1) is 0 Å². The summed E-state index contributed by atoms with van der Waals surface area (Å²) in [6.07, 6.45) is 0. The zero-order chi connectivity index (χ0) is 12.3. The smallest absolute Gasteiger partial charge is 0.196 e. The summed E-state index contributed by atoms with van der Waals surface area (Å²) in [6.45, 7) is 0.605. The maximum absolute atomic E-state index is 13.7. The molecule has 88 valence electrons. The number of guanidine groups is 1. The van der Waals surface area contributed by atoms with Crippen molar-refractivity contribution in [1.29, 1.82) is 0 Å². The van der Waals surface area contributed by atoms with Crippen LogP contribution in [0.5, 0.6) is 0 Å². The van der Waals surface area contributed by atoms with E-state index in [4.69, 9.17) is 11.3 Å². The molecule has 0 bridgehead atoms. The normalized spacial score (nSPS) is 18.8. The van der Waals surface area contributed by atoms with Gasteiger partial charge in [0.1, 0.15) is 5.82 Å². The van der Waals surface area contributed by atoms with E-state index in [0.29, 0.717) is 12.2 Å². The van der Waals surface area contributed by atoms with E-state index in [0.717, 1.165) is 0 Å². The van der Waals surface area contributed by atoms with Gasteiger partial charge in [-0.2, -0.15) is 0 Å². The molecule has 1 aromatic carbocycles. The van der Waals surface area contributed by atoms with E-state index >= 15 is 0 Å². The minimum absolute atomic E-state index is 0.203. The first-order chi connectivity index (χ1) is 8.24. The fourth-order valence-corrected chi connectivity index (χ4v) is 1.78. The lowest BCUT2D eigenvalue weighted by Gasteiger charge is -2.25. The zero-order valence-corrected chi connectivity index (χ0v) is 8.99. The fourth-order valence-electron chi connectivity index (χ4n) is 1.78. The predicted molar refractivity (Wildman–Crippen MR) is 63.2 cm³/mol. The van der Waals surface area contributed by atoms with Gasteiger partial charge in [0, 0.05) is 11.5 Å². The summed E-state index contributed by atoms with van der Waals surface area (Å²) in [5, 5.41) is 3.48. The third kappa shape index (κ3) is 2.14. The van der Waals surface area contributed by atoms with Crippen molar-refractivity contribution in [3.63, 3.8) is 0 Å². The highest BCUT2D eigenvalue weighted by molar-refractivity contribution is 5.97. The Bertz CT molecular complexity index is 493. The Kier molecular flexibility index (Phi) is 3.11. The Morgan fingerprint density at radius 2 is 2.35 bits per heavy atom. The molecule has 2 N–H and O–H groups in total. The Morgan fingerprint density at radius 1 is 1.59 bits per heavy atom. The predicted octanol–water partition coefficient (Wildman–Crippen LogP) is 1.64. The highest BCUT2D eigenvalue weighted by Crippen LogP contribution is 2.23. The lowest BCUT2D eigenvalue weighted by atomic mass is 10.2. The van der Waals surface area contributed by atoms with Gasteiger partial charge >= 0.3 is 0 Å². The average Bonchev–Trinajstić information content (AvgIpc) is 2.69. The van der Waals surface area contributed by atoms with Gasteiger partial charge in [-0.25, -0.2) is 4.39 Å². The van der Waals surface area contributed by atoms with Gasteiger partial charge < -0.3 is 10.6 Å². The molecule has 0 saturated carbocycles. The summed E-state index contributed by atoms with van der Waals surface area (Å²) in [5.74, 6) is -0.133. The Hall–Kier alpha value is -2.27. The summed E-state index contributed by atoms with van der Waals surface area (Å²) in [7, 11) is 0. The van der Waals surface area contributed by atoms with Gasteiger partial charge in [-0.3, -0.25) is 4.99 Å². The summed E-state index contributed by atoms with van der Waals surface area (Å²) in [4.78, 5) is 8.29. The lowest BCUT2D eigenvalue weighted by Crippen LogP contribution is -2.42. The molecule has 1 aliphatic rings. The van der Waals surface area contributed by atoms with Gasteiger partial charge in [0.15, 0.2) is 5.96 Å². The van der Waals surface area contributed by atoms with Crippen molar-refractivity contribution in [2.45, 2.75) is 6.04 Å². The van der Waals surface area contributed by atoms with Crippen LogP contribution in [0, 0.1) is 5.82 Å². The first-order valence-electron chi connectivity index (χ1n) is 5.08. The average molecular weight is 234 g/mol. The standard InChI is InChI=1S/C10H11FN6/c11-8-3-1-2-4-9(8)17-7(6-15-16-13)5-14-10(17)12/h1-4,7H,5-6H2,(H2,12,14). The van der Waals surface area contributed by atoms with Gasteiger partial charge in [0.25, 0.3) is 0 Å². The molecule has 0 fully saturated rings. The second-order valence-corrected chi connectivity index (χ2v) is 3.59. The summed E-state index contributed by atoms with van der Waals surface area (Å²) < 4.78 is 13.7. The van der Waals surface area contributed by atoms with Gasteiger partial charge in [0.05, 0.1) is 18.3 Å². The third-order valence-corrected chi connectivity index (χ3v) is 2.54. The van der Waals surface area contributed by atoms with Crippen LogP contribution < -0.4 is 10.6 Å². The SMILES string of the molecule is [N-]=[N+]=NCC1CN=C(N)N1c1ccccc1F. The minimum Gasteiger partial charge on any atom is -0.370 e. The Balaban J connectivity index is 2.30. The van der Waals surface area contributed by atoms with E-state index in [-0.39, 0.29) is 24.4 Å². The molecule has 0 aromatic heterocycles. The molecule has 7 heteroatoms. The van der Waals surface area contributed by atoms with Crippen LogP contribution in [0.1, 0.15) is 0 Å². The van der Waals surface area contributed by atoms with E-state index in [1.54, 1.807) is 23.1 Å². The van der Waals surface area contributed by atoms with E-state index in [1.165, 1.54) is 6.07 Å². The number of halogens is 1. The molecular formula is C10H11FN6. The fraction of sp³-hybridized carbons (Fsp3) is 0.300. The highest BCUT2D eigenvalue weighted by atomic mass is 19.1. The summed E-state index contributed by atoms with van der Waals surface area (Å²) >= 11 is 0. The maximum atomic E-state index is 13.7. The maximum Gasteiger partial charge on any atom is 0.196 e. The molecule has 1 atom stereocenters. The van der Waals surface area contributed by atoms with Crippen LogP contribution in [-0.2, 0) is 0 Å². The van der Waals surface area contributed by atoms with Crippen molar-refractivity contribution in [2.75, 3.05) is 18.0 Å². The number of hydrogen-bond donors (Lipinski definition) is 1. The number of azide groups is 1. The van der Waals surface area contributed by atoms with Crippen molar-refractivity contribution >= 4 is 11.6 Å². The van der Waals surface area contributed by atoms with Crippen molar-refractivity contribution in [1.82, 2.24) is 0 Å². The molecule has 0 spiro atoms. The van der Waals surface area contributed by atoms with E-state index < -0.39 is 0 Å². The van der Waals surface area contributed by atoms with Crippen molar-refractivity contribution in [3.05, 3.63) is 40.5 Å². The highest BCUT2D eigenvalue weighted by Gasteiger charge is 2.28. The first-order valence-corrected chi connectivity index (χ1v) is 5.08. The molecule has 2 rings (SSSR count). The molecule has 1 aliphatic heterocycles. The topological polar surface area (TPSA) is 90.4 Å². The van der Waals surface area contributed by atoms with Crippen LogP contribution in [0.3, 0.4) is 0 Å². The molecule has 0 amide bonds. The number of nitrogens with zero attached hydrogens (tertiary/aromatic N) is 5. The number of benzene rings is 1. The number of nitrogens with two attached hydrogens (primary N) is 1. The van der Waals surface area contributed by atoms with Gasteiger partial charge in [0.2, 0.25) is 0 Å². The molecule has 17 heavy (non-hydrogen) atoms. The van der Waals surface area contributed by atoms with Gasteiger partial charge in [-0.05, 0) is 17.7 Å². The summed E-state index contributed by atoms with van der Waals surface area (Å²) in [6, 6.07) is 6.07. The van der Waals surface area contributed by atoms with Crippen LogP contribution in [-0.4, -0.2) is 25.1 Å². The van der Waals surface area contributed by atoms with E-state index in [2.05, 4.69) is 15.0 Å². The quantitative estimate of drug-likeness (QED) is 0.489. The molecule has 0 saturated heterocycles. The molecule has 1 unspecified atom stereocenters. The molecule has 0 aliphatic carbocycles. The largest absolute Gasteiger partial charge is 0.370 e. The van der Waals surface area contributed by atoms with Crippen molar-refractivity contribution in [3.8, 4) is 0 Å². The van der Waals surface area contributed by atoms with Crippen LogP contribution in [0.15, 0.2) is 34.4 Å². The molecule has 1 heterocycles. The Labute approximate surface area is 97.2 Å². The van der Waals surface area contributed by atoms with E-state index in [1.807, 2.05) is 0 Å².